The molecule has 44 heavy (non-hydrogen) atoms. The summed E-state index contributed by atoms with van der Waals surface area (Å²) in [5.74, 6) is 0. The molecule has 0 saturated carbocycles. The molecule has 0 bridgehead atoms. The number of fused-ring (bicyclic) bond motifs is 3. The van der Waals surface area contributed by atoms with Crippen LogP contribution in [0.1, 0.15) is 75.8 Å². The van der Waals surface area contributed by atoms with Crippen molar-refractivity contribution < 1.29 is 24.2 Å². The molecule has 4 aromatic carbocycles. The second kappa shape index (κ2) is 20.9. The standard InChI is InChI=1S/C21H25.C7H7.C6H4Cl.C5H5.CH2.2ClH.Zr/c1-20(2,3)16-9-7-14-11-15-8-10-17(21(4,5)6)13-19(15)18(14)12-16;1-7-5-3-2-4-6-7;7-6-4-2-1-3-5-6;1-2-4-5-3-1;;;;/h7,9-10,12-13H,11H2,1-6H3;3-6H,1H3;1-2,4-5H;1-3H,4H2;1H2;2*1H;/q4*-1;;;;. The normalized spacial score (nSPS) is 11.5. The van der Waals surface area contributed by atoms with Gasteiger partial charge in [-0.05, 0) is 17.4 Å². The van der Waals surface area contributed by atoms with Crippen LogP contribution in [-0.4, -0.2) is 4.21 Å². The molecule has 4 heteroatoms. The molecule has 6 rings (SSSR count). The van der Waals surface area contributed by atoms with Crippen molar-refractivity contribution in [3.8, 4) is 11.1 Å². The summed E-state index contributed by atoms with van der Waals surface area (Å²) < 4.78 is 3.34. The average molecular weight is 723 g/mol. The van der Waals surface area contributed by atoms with Gasteiger partial charge in [-0.15, -0.1) is 36.8 Å². The summed E-state index contributed by atoms with van der Waals surface area (Å²) in [6, 6.07) is 35.9. The van der Waals surface area contributed by atoms with Gasteiger partial charge >= 0.3 is 28.4 Å². The van der Waals surface area contributed by atoms with Gasteiger partial charge in [0.15, 0.2) is 0 Å². The van der Waals surface area contributed by atoms with Gasteiger partial charge in [-0.2, -0.15) is 113 Å². The van der Waals surface area contributed by atoms with Gasteiger partial charge in [0, 0.05) is 0 Å². The van der Waals surface area contributed by atoms with Crippen LogP contribution >= 0.6 is 36.4 Å². The van der Waals surface area contributed by atoms with E-state index in [-0.39, 0.29) is 35.6 Å². The maximum atomic E-state index is 5.51. The zero-order valence-corrected chi connectivity index (χ0v) is 31.9. The van der Waals surface area contributed by atoms with Crippen molar-refractivity contribution in [2.75, 3.05) is 0 Å². The van der Waals surface area contributed by atoms with E-state index >= 15 is 0 Å². The van der Waals surface area contributed by atoms with Crippen molar-refractivity contribution in [2.45, 2.75) is 72.1 Å². The third-order valence-electron chi connectivity index (χ3n) is 6.67. The molecular formula is C40H45Cl3Zr-4. The first-order valence-corrected chi connectivity index (χ1v) is 16.4. The van der Waals surface area contributed by atoms with Crippen LogP contribution in [0.4, 0.5) is 0 Å². The Labute approximate surface area is 300 Å². The van der Waals surface area contributed by atoms with Gasteiger partial charge in [0.2, 0.25) is 0 Å². The van der Waals surface area contributed by atoms with Gasteiger partial charge in [-0.3, -0.25) is 6.08 Å². The number of allylic oxidation sites excluding steroid dienone is 4. The molecule has 0 aromatic heterocycles. The van der Waals surface area contributed by atoms with Crippen LogP contribution < -0.4 is 0 Å². The van der Waals surface area contributed by atoms with E-state index in [4.69, 9.17) is 11.6 Å². The number of hydrogen-bond donors (Lipinski definition) is 0. The minimum atomic E-state index is 0. The summed E-state index contributed by atoms with van der Waals surface area (Å²) in [6.45, 7) is 15.7. The van der Waals surface area contributed by atoms with Crippen molar-refractivity contribution in [3.63, 3.8) is 0 Å². The van der Waals surface area contributed by atoms with Crippen LogP contribution in [0.25, 0.3) is 11.1 Å². The summed E-state index contributed by atoms with van der Waals surface area (Å²) in [4.78, 5) is 0. The minimum absolute atomic E-state index is 0. The number of halogens is 3. The van der Waals surface area contributed by atoms with Gasteiger partial charge in [0.1, 0.15) is 0 Å². The number of hydrogen-bond acceptors (Lipinski definition) is 0. The fourth-order valence-electron chi connectivity index (χ4n) is 4.17. The Morgan fingerprint density at radius 1 is 0.773 bits per heavy atom. The molecule has 0 N–H and O–H groups in total. The molecule has 0 saturated heterocycles. The third kappa shape index (κ3) is 14.4. The van der Waals surface area contributed by atoms with E-state index in [0.29, 0.717) is 0 Å². The van der Waals surface area contributed by atoms with E-state index in [9.17, 15) is 0 Å². The molecular weight excluding hydrogens is 678 g/mol. The van der Waals surface area contributed by atoms with Crippen LogP contribution in [-0.2, 0) is 41.5 Å². The Balaban J connectivity index is 0.000000658. The predicted octanol–water partition coefficient (Wildman–Crippen LogP) is 11.7. The molecule has 0 spiro atoms. The molecule has 0 unspecified atom stereocenters. The van der Waals surface area contributed by atoms with Gasteiger partial charge in [0.05, 0.1) is 0 Å². The summed E-state index contributed by atoms with van der Waals surface area (Å²) in [7, 11) is 0. The van der Waals surface area contributed by atoms with Crippen LogP contribution in [0.15, 0.2) is 97.1 Å². The Bertz CT molecular complexity index is 1320. The molecule has 0 aliphatic heterocycles. The summed E-state index contributed by atoms with van der Waals surface area (Å²) in [6.07, 6.45) is 11.0. The van der Waals surface area contributed by atoms with Crippen molar-refractivity contribution >= 4 is 40.6 Å². The van der Waals surface area contributed by atoms with Gasteiger partial charge in [0.25, 0.3) is 0 Å². The second-order valence-corrected chi connectivity index (χ2v) is 12.6. The predicted molar refractivity (Wildman–Crippen MR) is 194 cm³/mol. The quantitative estimate of drug-likeness (QED) is 0.140. The fourth-order valence-corrected chi connectivity index (χ4v) is 4.30. The molecule has 0 amide bonds. The summed E-state index contributed by atoms with van der Waals surface area (Å²) in [5.41, 5.74) is 10.1. The number of aryl methyl sites for hydroxylation is 1. The first kappa shape index (κ1) is 42.0. The van der Waals surface area contributed by atoms with E-state index in [1.165, 1.54) is 63.2 Å². The van der Waals surface area contributed by atoms with E-state index in [0.717, 1.165) is 17.9 Å². The monoisotopic (exact) mass is 720 g/mol. The molecule has 0 atom stereocenters. The molecule has 0 heterocycles. The third-order valence-corrected chi connectivity index (χ3v) is 6.90. The first-order valence-electron chi connectivity index (χ1n) is 14.3. The van der Waals surface area contributed by atoms with Crippen molar-refractivity contribution in [2.24, 2.45) is 0 Å². The molecule has 4 aromatic rings. The van der Waals surface area contributed by atoms with Gasteiger partial charge in [-0.25, -0.2) is 12.2 Å². The zero-order chi connectivity index (χ0) is 31.2. The molecule has 234 valence electrons. The Hall–Kier alpha value is -2.02. The first-order chi connectivity index (χ1) is 19.9. The Kier molecular flexibility index (Phi) is 19.9. The Morgan fingerprint density at radius 3 is 1.82 bits per heavy atom. The number of rotatable bonds is 0. The van der Waals surface area contributed by atoms with E-state index in [1.54, 1.807) is 6.07 Å². The van der Waals surface area contributed by atoms with E-state index < -0.39 is 0 Å². The molecule has 2 aliphatic rings. The molecule has 0 nitrogen and oxygen atoms in total. The number of benzene rings is 4. The van der Waals surface area contributed by atoms with Crippen LogP contribution in [0.5, 0.6) is 0 Å². The van der Waals surface area contributed by atoms with Crippen LogP contribution in [0.3, 0.4) is 0 Å². The van der Waals surface area contributed by atoms with E-state index in [2.05, 4.69) is 113 Å². The summed E-state index contributed by atoms with van der Waals surface area (Å²) >= 11 is 6.81. The molecule has 0 fully saturated rings. The second-order valence-electron chi connectivity index (χ2n) is 12.1. The van der Waals surface area contributed by atoms with Crippen molar-refractivity contribution in [3.05, 3.63) is 154 Å². The van der Waals surface area contributed by atoms with Gasteiger partial charge < -0.3 is 0 Å². The Morgan fingerprint density at radius 2 is 1.41 bits per heavy atom. The van der Waals surface area contributed by atoms with Crippen molar-refractivity contribution in [1.29, 1.82) is 0 Å². The van der Waals surface area contributed by atoms with E-state index in [1.807, 2.05) is 54.6 Å². The summed E-state index contributed by atoms with van der Waals surface area (Å²) in [5, 5.41) is 0.738. The molecule has 2 aliphatic carbocycles. The van der Waals surface area contributed by atoms with Gasteiger partial charge in [-0.1, -0.05) is 88.2 Å². The topological polar surface area (TPSA) is 0 Å². The van der Waals surface area contributed by atoms with Crippen LogP contribution in [0, 0.1) is 31.2 Å². The molecule has 0 radical (unpaired) electrons. The SMILES string of the molecule is CC(C)(C)c1c[c-]c2c(c1)-c1cc(C(C)(C)C)ccc1C2.Cc1cc[c-]cc1.Cl.Cl.Clc1c[c-]ccc1.[C-]1=CC=CC1.[CH2]=[Zr]. The van der Waals surface area contributed by atoms with Crippen molar-refractivity contribution in [1.82, 2.24) is 0 Å². The van der Waals surface area contributed by atoms with Crippen LogP contribution in [0.2, 0.25) is 5.02 Å². The average Bonchev–Trinajstić information content (AvgIpc) is 3.66. The zero-order valence-electron chi connectivity index (χ0n) is 27.1. The maximum absolute atomic E-state index is 5.51. The fraction of sp³-hybridized carbons (Fsp3) is 0.275.